The number of rotatable bonds is 6. The van der Waals surface area contributed by atoms with Gasteiger partial charge in [-0.1, -0.05) is 6.92 Å². The summed E-state index contributed by atoms with van der Waals surface area (Å²) in [5.74, 6) is 1.45. The summed E-state index contributed by atoms with van der Waals surface area (Å²) in [5, 5.41) is 15.6. The first-order valence-corrected chi connectivity index (χ1v) is 6.14. The molecule has 0 aliphatic rings. The zero-order valence-corrected chi connectivity index (χ0v) is 11.1. The summed E-state index contributed by atoms with van der Waals surface area (Å²) in [6.45, 7) is 5.22. The minimum absolute atomic E-state index is 0.357. The van der Waals surface area contributed by atoms with Crippen molar-refractivity contribution in [2.75, 3.05) is 23.7 Å². The average molecular weight is 289 g/mol. The highest BCUT2D eigenvalue weighted by Gasteiger charge is 2.08. The Morgan fingerprint density at radius 2 is 1.94 bits per heavy atom. The predicted octanol–water partition coefficient (Wildman–Crippen LogP) is 1.85. The SMILES string of the molecule is CCNc1ncnc(NCC(O)CC)c1Br. The van der Waals surface area contributed by atoms with Gasteiger partial charge >= 0.3 is 0 Å². The van der Waals surface area contributed by atoms with E-state index in [0.29, 0.717) is 12.4 Å². The molecule has 90 valence electrons. The minimum atomic E-state index is -0.357. The van der Waals surface area contributed by atoms with E-state index < -0.39 is 0 Å². The van der Waals surface area contributed by atoms with E-state index in [2.05, 4.69) is 36.5 Å². The smallest absolute Gasteiger partial charge is 0.146 e. The highest BCUT2D eigenvalue weighted by atomic mass is 79.9. The Labute approximate surface area is 104 Å². The summed E-state index contributed by atoms with van der Waals surface area (Å²) in [6, 6.07) is 0. The molecule has 1 aromatic heterocycles. The molecule has 0 saturated carbocycles. The van der Waals surface area contributed by atoms with Gasteiger partial charge in [0.2, 0.25) is 0 Å². The Balaban J connectivity index is 2.69. The molecule has 0 aliphatic carbocycles. The van der Waals surface area contributed by atoms with Crippen LogP contribution in [0.2, 0.25) is 0 Å². The van der Waals surface area contributed by atoms with Crippen LogP contribution >= 0.6 is 15.9 Å². The van der Waals surface area contributed by atoms with E-state index in [-0.39, 0.29) is 6.10 Å². The van der Waals surface area contributed by atoms with Gasteiger partial charge in [0.15, 0.2) is 0 Å². The molecule has 0 saturated heterocycles. The first-order chi connectivity index (χ1) is 7.69. The van der Waals surface area contributed by atoms with Crippen LogP contribution in [-0.2, 0) is 0 Å². The quantitative estimate of drug-likeness (QED) is 0.745. The van der Waals surface area contributed by atoms with Gasteiger partial charge in [-0.2, -0.15) is 0 Å². The van der Waals surface area contributed by atoms with Crippen LogP contribution in [0.3, 0.4) is 0 Å². The molecule has 0 amide bonds. The first-order valence-electron chi connectivity index (χ1n) is 5.35. The topological polar surface area (TPSA) is 70.1 Å². The van der Waals surface area contributed by atoms with E-state index >= 15 is 0 Å². The zero-order valence-electron chi connectivity index (χ0n) is 9.50. The molecule has 0 bridgehead atoms. The number of anilines is 2. The van der Waals surface area contributed by atoms with Crippen LogP contribution in [-0.4, -0.2) is 34.3 Å². The molecule has 1 heterocycles. The normalized spacial score (nSPS) is 12.2. The lowest BCUT2D eigenvalue weighted by molar-refractivity contribution is 0.183. The summed E-state index contributed by atoms with van der Waals surface area (Å²) in [4.78, 5) is 8.21. The van der Waals surface area contributed by atoms with Crippen molar-refractivity contribution in [1.29, 1.82) is 0 Å². The van der Waals surface area contributed by atoms with Crippen molar-refractivity contribution in [3.05, 3.63) is 10.8 Å². The number of hydrogen-bond donors (Lipinski definition) is 3. The van der Waals surface area contributed by atoms with E-state index in [9.17, 15) is 5.11 Å². The van der Waals surface area contributed by atoms with Gasteiger partial charge < -0.3 is 15.7 Å². The average Bonchev–Trinajstić information content (AvgIpc) is 2.30. The highest BCUT2D eigenvalue weighted by Crippen LogP contribution is 2.26. The highest BCUT2D eigenvalue weighted by molar-refractivity contribution is 9.10. The van der Waals surface area contributed by atoms with E-state index in [4.69, 9.17) is 0 Å². The molecule has 0 aromatic carbocycles. The van der Waals surface area contributed by atoms with Crippen LogP contribution in [0.25, 0.3) is 0 Å². The molecule has 0 spiro atoms. The molecule has 0 aliphatic heterocycles. The van der Waals surface area contributed by atoms with Gasteiger partial charge in [0, 0.05) is 13.1 Å². The maximum atomic E-state index is 9.45. The van der Waals surface area contributed by atoms with Gasteiger partial charge in [-0.15, -0.1) is 0 Å². The second-order valence-electron chi connectivity index (χ2n) is 3.36. The van der Waals surface area contributed by atoms with E-state index in [1.807, 2.05) is 13.8 Å². The molecule has 1 atom stereocenters. The summed E-state index contributed by atoms with van der Waals surface area (Å²) >= 11 is 3.42. The molecule has 6 heteroatoms. The molecular weight excluding hydrogens is 272 g/mol. The van der Waals surface area contributed by atoms with Gasteiger partial charge in [0.05, 0.1) is 6.10 Å². The minimum Gasteiger partial charge on any atom is -0.391 e. The lowest BCUT2D eigenvalue weighted by atomic mass is 10.3. The maximum absolute atomic E-state index is 9.45. The van der Waals surface area contributed by atoms with Gasteiger partial charge in [0.25, 0.3) is 0 Å². The van der Waals surface area contributed by atoms with Crippen LogP contribution in [0, 0.1) is 0 Å². The molecule has 3 N–H and O–H groups in total. The molecule has 1 aromatic rings. The Morgan fingerprint density at radius 3 is 2.50 bits per heavy atom. The van der Waals surface area contributed by atoms with Gasteiger partial charge in [0.1, 0.15) is 22.4 Å². The maximum Gasteiger partial charge on any atom is 0.146 e. The van der Waals surface area contributed by atoms with Crippen molar-refractivity contribution in [1.82, 2.24) is 9.97 Å². The molecule has 16 heavy (non-hydrogen) atoms. The van der Waals surface area contributed by atoms with Gasteiger partial charge in [-0.05, 0) is 29.3 Å². The van der Waals surface area contributed by atoms with E-state index in [1.165, 1.54) is 6.33 Å². The van der Waals surface area contributed by atoms with Crippen molar-refractivity contribution < 1.29 is 5.11 Å². The standard InChI is InChI=1S/C10H17BrN4O/c1-3-7(16)5-13-10-8(11)9(12-4-2)14-6-15-10/h6-7,16H,3-5H2,1-2H3,(H2,12,13,14,15). The van der Waals surface area contributed by atoms with Crippen LogP contribution in [0.15, 0.2) is 10.8 Å². The number of aromatic nitrogens is 2. The third kappa shape index (κ3) is 3.61. The number of aliphatic hydroxyl groups excluding tert-OH is 1. The fourth-order valence-corrected chi connectivity index (χ4v) is 1.63. The Bertz CT molecular complexity index is 335. The van der Waals surface area contributed by atoms with Gasteiger partial charge in [-0.25, -0.2) is 9.97 Å². The van der Waals surface area contributed by atoms with Crippen molar-refractivity contribution in [3.63, 3.8) is 0 Å². The zero-order chi connectivity index (χ0) is 12.0. The summed E-state index contributed by atoms with van der Waals surface area (Å²) in [6.07, 6.45) is 1.85. The Kier molecular flexibility index (Phi) is 5.48. The van der Waals surface area contributed by atoms with Crippen LogP contribution < -0.4 is 10.6 Å². The number of nitrogens with zero attached hydrogens (tertiary/aromatic N) is 2. The summed E-state index contributed by atoms with van der Waals surface area (Å²) in [5.41, 5.74) is 0. The Hall–Kier alpha value is -0.880. The first kappa shape index (κ1) is 13.2. The van der Waals surface area contributed by atoms with Crippen LogP contribution in [0.5, 0.6) is 0 Å². The number of nitrogens with one attached hydrogen (secondary N) is 2. The van der Waals surface area contributed by atoms with Crippen molar-refractivity contribution >= 4 is 27.6 Å². The lowest BCUT2D eigenvalue weighted by Gasteiger charge is -2.12. The molecule has 1 rings (SSSR count). The number of hydrogen-bond acceptors (Lipinski definition) is 5. The van der Waals surface area contributed by atoms with Crippen LogP contribution in [0.4, 0.5) is 11.6 Å². The van der Waals surface area contributed by atoms with Crippen molar-refractivity contribution in [2.45, 2.75) is 26.4 Å². The molecule has 5 nitrogen and oxygen atoms in total. The largest absolute Gasteiger partial charge is 0.391 e. The van der Waals surface area contributed by atoms with Crippen LogP contribution in [0.1, 0.15) is 20.3 Å². The second kappa shape index (κ2) is 6.65. The predicted molar refractivity (Wildman–Crippen MR) is 68.7 cm³/mol. The summed E-state index contributed by atoms with van der Waals surface area (Å²) in [7, 11) is 0. The van der Waals surface area contributed by atoms with E-state index in [1.54, 1.807) is 0 Å². The molecule has 0 radical (unpaired) electrons. The summed E-state index contributed by atoms with van der Waals surface area (Å²) < 4.78 is 0.792. The Morgan fingerprint density at radius 1 is 1.31 bits per heavy atom. The third-order valence-electron chi connectivity index (χ3n) is 2.11. The molecule has 0 fully saturated rings. The number of halogens is 1. The fraction of sp³-hybridized carbons (Fsp3) is 0.600. The van der Waals surface area contributed by atoms with Crippen molar-refractivity contribution in [3.8, 4) is 0 Å². The third-order valence-corrected chi connectivity index (χ3v) is 2.86. The second-order valence-corrected chi connectivity index (χ2v) is 4.15. The lowest BCUT2D eigenvalue weighted by Crippen LogP contribution is -2.19. The monoisotopic (exact) mass is 288 g/mol. The van der Waals surface area contributed by atoms with Gasteiger partial charge in [-0.3, -0.25) is 0 Å². The molecule has 1 unspecified atom stereocenters. The van der Waals surface area contributed by atoms with Crippen molar-refractivity contribution in [2.24, 2.45) is 0 Å². The number of aliphatic hydroxyl groups is 1. The van der Waals surface area contributed by atoms with E-state index in [0.717, 1.165) is 23.3 Å². The molecular formula is C10H17BrN4O. The fourth-order valence-electron chi connectivity index (χ4n) is 1.14.